The average molecular weight is 362 g/mol. The van der Waals surface area contributed by atoms with Crippen molar-refractivity contribution in [3.8, 4) is 0 Å². The van der Waals surface area contributed by atoms with Gasteiger partial charge in [-0.1, -0.05) is 95.3 Å². The summed E-state index contributed by atoms with van der Waals surface area (Å²) in [6, 6.07) is 28.4. The van der Waals surface area contributed by atoms with Crippen LogP contribution in [0.3, 0.4) is 0 Å². The molecule has 0 saturated carbocycles. The van der Waals surface area contributed by atoms with Gasteiger partial charge in [-0.25, -0.2) is 4.99 Å². The highest BCUT2D eigenvalue weighted by Crippen LogP contribution is 2.20. The fourth-order valence-corrected chi connectivity index (χ4v) is 2.59. The van der Waals surface area contributed by atoms with Crippen molar-refractivity contribution >= 4 is 27.3 Å². The van der Waals surface area contributed by atoms with Gasteiger partial charge in [0.05, 0.1) is 11.4 Å². The zero-order chi connectivity index (χ0) is 16.1. The highest BCUT2D eigenvalue weighted by Gasteiger charge is 2.07. The number of aliphatic imine (C=N–C) groups is 1. The molecule has 0 atom stereocenters. The summed E-state index contributed by atoms with van der Waals surface area (Å²) in [4.78, 5) is 4.82. The van der Waals surface area contributed by atoms with E-state index in [0.29, 0.717) is 0 Å². The second kappa shape index (κ2) is 7.21. The molecule has 0 radical (unpaired) electrons. The predicted octanol–water partition coefficient (Wildman–Crippen LogP) is 5.96. The van der Waals surface area contributed by atoms with Gasteiger partial charge in [0.25, 0.3) is 0 Å². The van der Waals surface area contributed by atoms with Crippen LogP contribution < -0.4 is 0 Å². The Morgan fingerprint density at radius 3 is 1.61 bits per heavy atom. The van der Waals surface area contributed by atoms with E-state index in [4.69, 9.17) is 4.99 Å². The maximum atomic E-state index is 4.82. The molecule has 0 aliphatic carbocycles. The quantitative estimate of drug-likeness (QED) is 0.508. The molecule has 0 heterocycles. The number of hydrogen-bond donors (Lipinski definition) is 0. The molecule has 2 heteroatoms. The van der Waals surface area contributed by atoms with Gasteiger partial charge in [0.1, 0.15) is 0 Å². The molecule has 112 valence electrons. The first-order valence-corrected chi connectivity index (χ1v) is 8.18. The van der Waals surface area contributed by atoms with Crippen LogP contribution in [-0.4, -0.2) is 5.71 Å². The van der Waals surface area contributed by atoms with E-state index in [2.05, 4.69) is 46.8 Å². The van der Waals surface area contributed by atoms with Crippen molar-refractivity contribution in [3.63, 3.8) is 0 Å². The summed E-state index contributed by atoms with van der Waals surface area (Å²) in [6.45, 7) is 4.14. The van der Waals surface area contributed by atoms with Gasteiger partial charge in [0.2, 0.25) is 0 Å². The standard InChI is InChI=1S/C21H16BrN/c1-16(17-12-14-20(22)15-13-17)23-21(18-8-4-2-5-9-18)19-10-6-3-7-11-19/h2-15H,1H2. The summed E-state index contributed by atoms with van der Waals surface area (Å²) in [5, 5.41) is 0. The topological polar surface area (TPSA) is 12.4 Å². The molecule has 0 bridgehead atoms. The molecule has 0 aromatic heterocycles. The molecule has 0 unspecified atom stereocenters. The van der Waals surface area contributed by atoms with Gasteiger partial charge < -0.3 is 0 Å². The molecule has 0 spiro atoms. The molecule has 0 aliphatic rings. The molecule has 23 heavy (non-hydrogen) atoms. The fraction of sp³-hybridized carbons (Fsp3) is 0. The molecule has 3 rings (SSSR count). The molecule has 0 saturated heterocycles. The normalized spacial score (nSPS) is 10.1. The lowest BCUT2D eigenvalue weighted by molar-refractivity contribution is 1.47. The molecule has 0 fully saturated rings. The maximum Gasteiger partial charge on any atom is 0.0781 e. The second-order valence-electron chi connectivity index (χ2n) is 5.15. The van der Waals surface area contributed by atoms with Gasteiger partial charge in [-0.2, -0.15) is 0 Å². The summed E-state index contributed by atoms with van der Waals surface area (Å²) in [5.74, 6) is 0. The van der Waals surface area contributed by atoms with E-state index in [1.807, 2.05) is 60.7 Å². The molecule has 0 N–H and O–H groups in total. The molecule has 3 aromatic rings. The molecular formula is C21H16BrN. The summed E-state index contributed by atoms with van der Waals surface area (Å²) < 4.78 is 1.05. The van der Waals surface area contributed by atoms with Crippen molar-refractivity contribution in [1.29, 1.82) is 0 Å². The van der Waals surface area contributed by atoms with Gasteiger partial charge in [-0.15, -0.1) is 0 Å². The van der Waals surface area contributed by atoms with Gasteiger partial charge in [0, 0.05) is 15.6 Å². The maximum absolute atomic E-state index is 4.82. The van der Waals surface area contributed by atoms with Crippen LogP contribution in [0, 0.1) is 0 Å². The Labute approximate surface area is 145 Å². The summed E-state index contributed by atoms with van der Waals surface area (Å²) in [5.41, 5.74) is 4.85. The van der Waals surface area contributed by atoms with Crippen molar-refractivity contribution in [2.45, 2.75) is 0 Å². The van der Waals surface area contributed by atoms with Crippen LogP contribution in [0.5, 0.6) is 0 Å². The van der Waals surface area contributed by atoms with E-state index < -0.39 is 0 Å². The lowest BCUT2D eigenvalue weighted by Gasteiger charge is -2.09. The first-order valence-electron chi connectivity index (χ1n) is 7.38. The van der Waals surface area contributed by atoms with E-state index >= 15 is 0 Å². The number of rotatable bonds is 4. The van der Waals surface area contributed by atoms with Crippen LogP contribution in [0.25, 0.3) is 5.70 Å². The molecule has 1 nitrogen and oxygen atoms in total. The fourth-order valence-electron chi connectivity index (χ4n) is 2.33. The zero-order valence-electron chi connectivity index (χ0n) is 12.6. The Bertz CT molecular complexity index is 777. The van der Waals surface area contributed by atoms with E-state index in [0.717, 1.165) is 32.6 Å². The smallest absolute Gasteiger partial charge is 0.0781 e. The van der Waals surface area contributed by atoms with Crippen molar-refractivity contribution in [1.82, 2.24) is 0 Å². The van der Waals surface area contributed by atoms with Crippen LogP contribution in [0.15, 0.2) is 101 Å². The third-order valence-electron chi connectivity index (χ3n) is 3.52. The van der Waals surface area contributed by atoms with E-state index in [9.17, 15) is 0 Å². The Morgan fingerprint density at radius 2 is 1.13 bits per heavy atom. The Kier molecular flexibility index (Phi) is 4.84. The van der Waals surface area contributed by atoms with Crippen LogP contribution in [0.2, 0.25) is 0 Å². The van der Waals surface area contributed by atoms with Crippen LogP contribution >= 0.6 is 15.9 Å². The third kappa shape index (κ3) is 3.85. The highest BCUT2D eigenvalue weighted by atomic mass is 79.9. The largest absolute Gasteiger partial charge is 0.248 e. The number of hydrogen-bond acceptors (Lipinski definition) is 1. The minimum absolute atomic E-state index is 0.750. The minimum atomic E-state index is 0.750. The molecular weight excluding hydrogens is 346 g/mol. The first-order chi connectivity index (χ1) is 11.2. The van der Waals surface area contributed by atoms with Gasteiger partial charge in [-0.3, -0.25) is 0 Å². The highest BCUT2D eigenvalue weighted by molar-refractivity contribution is 9.10. The third-order valence-corrected chi connectivity index (χ3v) is 4.05. The lowest BCUT2D eigenvalue weighted by Crippen LogP contribution is -2.03. The average Bonchev–Trinajstić information content (AvgIpc) is 2.61. The number of nitrogens with zero attached hydrogens (tertiary/aromatic N) is 1. The SMILES string of the molecule is C=C(N=C(c1ccccc1)c1ccccc1)c1ccc(Br)cc1. The van der Waals surface area contributed by atoms with Crippen LogP contribution in [0.1, 0.15) is 16.7 Å². The number of benzene rings is 3. The zero-order valence-corrected chi connectivity index (χ0v) is 14.2. The van der Waals surface area contributed by atoms with Crippen LogP contribution in [-0.2, 0) is 0 Å². The Balaban J connectivity index is 2.05. The minimum Gasteiger partial charge on any atom is -0.248 e. The van der Waals surface area contributed by atoms with Crippen molar-refractivity contribution in [2.75, 3.05) is 0 Å². The van der Waals surface area contributed by atoms with Crippen molar-refractivity contribution < 1.29 is 0 Å². The molecule has 0 aliphatic heterocycles. The Hall–Kier alpha value is -2.45. The second-order valence-corrected chi connectivity index (χ2v) is 6.06. The summed E-state index contributed by atoms with van der Waals surface area (Å²) >= 11 is 3.45. The van der Waals surface area contributed by atoms with Gasteiger partial charge in [-0.05, 0) is 17.7 Å². The van der Waals surface area contributed by atoms with Gasteiger partial charge >= 0.3 is 0 Å². The molecule has 0 amide bonds. The van der Waals surface area contributed by atoms with Crippen molar-refractivity contribution in [2.24, 2.45) is 4.99 Å². The lowest BCUT2D eigenvalue weighted by atomic mass is 10.0. The summed E-state index contributed by atoms with van der Waals surface area (Å²) in [6.07, 6.45) is 0. The van der Waals surface area contributed by atoms with Crippen molar-refractivity contribution in [3.05, 3.63) is 113 Å². The Morgan fingerprint density at radius 1 is 0.652 bits per heavy atom. The number of halogens is 1. The first kappa shape index (κ1) is 15.4. The molecule has 3 aromatic carbocycles. The van der Waals surface area contributed by atoms with Crippen LogP contribution in [0.4, 0.5) is 0 Å². The van der Waals surface area contributed by atoms with Gasteiger partial charge in [0.15, 0.2) is 0 Å². The van der Waals surface area contributed by atoms with E-state index in [1.165, 1.54) is 0 Å². The van der Waals surface area contributed by atoms with E-state index in [1.54, 1.807) is 0 Å². The monoisotopic (exact) mass is 361 g/mol. The predicted molar refractivity (Wildman–Crippen MR) is 102 cm³/mol. The van der Waals surface area contributed by atoms with E-state index in [-0.39, 0.29) is 0 Å². The summed E-state index contributed by atoms with van der Waals surface area (Å²) in [7, 11) is 0.